The fourth-order valence-corrected chi connectivity index (χ4v) is 6.17. The van der Waals surface area contributed by atoms with Crippen LogP contribution in [0.25, 0.3) is 11.3 Å². The first-order chi connectivity index (χ1) is 18.3. The van der Waals surface area contributed by atoms with E-state index in [1.807, 2.05) is 6.92 Å². The van der Waals surface area contributed by atoms with Crippen LogP contribution in [0.5, 0.6) is 0 Å². The summed E-state index contributed by atoms with van der Waals surface area (Å²) in [7, 11) is 0. The Bertz CT molecular complexity index is 1470. The summed E-state index contributed by atoms with van der Waals surface area (Å²) >= 11 is 0. The van der Waals surface area contributed by atoms with Gasteiger partial charge in [-0.3, -0.25) is 14.9 Å². The Labute approximate surface area is 222 Å². The smallest absolute Gasteiger partial charge is 0.383 e. The summed E-state index contributed by atoms with van der Waals surface area (Å²) in [4.78, 5) is 25.1. The molecule has 1 aromatic carbocycles. The van der Waals surface area contributed by atoms with Crippen LogP contribution in [-0.4, -0.2) is 32.9 Å². The van der Waals surface area contributed by atoms with Gasteiger partial charge in [0.05, 0.1) is 22.6 Å². The highest BCUT2D eigenvalue weighted by molar-refractivity contribution is 6.03. The quantitative estimate of drug-likeness (QED) is 0.387. The highest BCUT2D eigenvalue weighted by atomic mass is 19.4. The number of fused-ring (bicyclic) bond motifs is 1. The molecule has 2 heterocycles. The summed E-state index contributed by atoms with van der Waals surface area (Å²) in [5.74, 6) is -2.06. The fourth-order valence-electron chi connectivity index (χ4n) is 6.17. The van der Waals surface area contributed by atoms with Gasteiger partial charge in [-0.15, -0.1) is 0 Å². The van der Waals surface area contributed by atoms with Gasteiger partial charge < -0.3 is 16.0 Å². The van der Waals surface area contributed by atoms with Gasteiger partial charge in [-0.2, -0.15) is 18.3 Å². The first kappa shape index (κ1) is 25.4. The molecular weight excluding hydrogens is 513 g/mol. The van der Waals surface area contributed by atoms with Crippen molar-refractivity contribution in [3.05, 3.63) is 47.2 Å². The third-order valence-electron chi connectivity index (χ3n) is 9.13. The average molecular weight is 543 g/mol. The maximum absolute atomic E-state index is 13.4. The minimum Gasteiger partial charge on any atom is -0.383 e. The number of aromatic nitrogens is 3. The van der Waals surface area contributed by atoms with Gasteiger partial charge in [-0.25, -0.2) is 4.68 Å². The number of carbonyl (C=O) groups is 2. The minimum atomic E-state index is -4.21. The largest absolute Gasteiger partial charge is 0.394 e. The lowest BCUT2D eigenvalue weighted by Crippen LogP contribution is -2.62. The van der Waals surface area contributed by atoms with Crippen molar-refractivity contribution in [2.45, 2.75) is 69.5 Å². The molecule has 0 saturated heterocycles. The van der Waals surface area contributed by atoms with Gasteiger partial charge >= 0.3 is 6.18 Å². The van der Waals surface area contributed by atoms with Crippen molar-refractivity contribution in [2.75, 3.05) is 11.1 Å². The number of amides is 2. The molecule has 3 saturated carbocycles. The number of nitrogens with two attached hydrogens (primary N) is 2. The van der Waals surface area contributed by atoms with Crippen LogP contribution in [0.1, 0.15) is 79.4 Å². The van der Waals surface area contributed by atoms with E-state index in [0.717, 1.165) is 12.8 Å². The van der Waals surface area contributed by atoms with Crippen LogP contribution in [0.3, 0.4) is 0 Å². The zero-order valence-corrected chi connectivity index (χ0v) is 21.5. The van der Waals surface area contributed by atoms with E-state index in [4.69, 9.17) is 16.0 Å². The van der Waals surface area contributed by atoms with Crippen molar-refractivity contribution in [2.24, 2.45) is 17.1 Å². The van der Waals surface area contributed by atoms with Gasteiger partial charge in [-0.05, 0) is 57.4 Å². The van der Waals surface area contributed by atoms with Crippen LogP contribution in [0.15, 0.2) is 34.9 Å². The van der Waals surface area contributed by atoms with Crippen molar-refractivity contribution in [3.8, 4) is 11.3 Å². The van der Waals surface area contributed by atoms with E-state index in [1.54, 1.807) is 35.9 Å². The van der Waals surface area contributed by atoms with E-state index < -0.39 is 29.3 Å². The predicted molar refractivity (Wildman–Crippen MR) is 136 cm³/mol. The number of rotatable bonds is 7. The van der Waals surface area contributed by atoms with Crippen LogP contribution >= 0.6 is 0 Å². The molecule has 2 amide bonds. The maximum atomic E-state index is 13.4. The molecule has 3 aromatic rings. The fraction of sp³-hybridized carbons (Fsp3) is 0.481. The summed E-state index contributed by atoms with van der Waals surface area (Å²) in [6.07, 6.45) is -1.71. The Morgan fingerprint density at radius 1 is 1.21 bits per heavy atom. The number of nitrogen functional groups attached to an aromatic ring is 1. The minimum absolute atomic E-state index is 0.00440. The zero-order valence-electron chi connectivity index (χ0n) is 21.5. The Morgan fingerprint density at radius 2 is 1.90 bits per heavy atom. The van der Waals surface area contributed by atoms with E-state index in [1.165, 1.54) is 6.07 Å². The molecule has 3 aliphatic rings. The Kier molecular flexibility index (Phi) is 5.44. The van der Waals surface area contributed by atoms with Crippen LogP contribution in [0.2, 0.25) is 0 Å². The highest BCUT2D eigenvalue weighted by Crippen LogP contribution is 2.73. The van der Waals surface area contributed by atoms with Gasteiger partial charge in [0.25, 0.3) is 5.91 Å². The van der Waals surface area contributed by atoms with E-state index in [2.05, 4.69) is 15.6 Å². The van der Waals surface area contributed by atoms with Crippen LogP contribution in [0, 0.1) is 11.3 Å². The summed E-state index contributed by atoms with van der Waals surface area (Å²) in [6, 6.07) is 8.53. The van der Waals surface area contributed by atoms with Crippen molar-refractivity contribution >= 4 is 23.5 Å². The molecule has 4 unspecified atom stereocenters. The Balaban J connectivity index is 1.14. The molecule has 6 rings (SSSR count). The van der Waals surface area contributed by atoms with Gasteiger partial charge in [0.2, 0.25) is 11.8 Å². The molecule has 39 heavy (non-hydrogen) atoms. The molecule has 0 radical (unpaired) electrons. The molecule has 5 N–H and O–H groups in total. The molecule has 9 nitrogen and oxygen atoms in total. The number of anilines is 2. The van der Waals surface area contributed by atoms with E-state index in [-0.39, 0.29) is 47.5 Å². The molecule has 3 fully saturated rings. The number of benzene rings is 1. The molecule has 0 spiro atoms. The number of hydrogen-bond donors (Lipinski definition) is 3. The van der Waals surface area contributed by atoms with Gasteiger partial charge in [0.1, 0.15) is 17.1 Å². The molecule has 0 bridgehead atoms. The van der Waals surface area contributed by atoms with E-state index >= 15 is 0 Å². The van der Waals surface area contributed by atoms with Crippen molar-refractivity contribution in [1.82, 2.24) is 14.9 Å². The van der Waals surface area contributed by atoms with Crippen molar-refractivity contribution in [3.63, 3.8) is 0 Å². The van der Waals surface area contributed by atoms with E-state index in [0.29, 0.717) is 28.9 Å². The van der Waals surface area contributed by atoms with Crippen LogP contribution in [-0.2, 0) is 10.3 Å². The summed E-state index contributed by atoms with van der Waals surface area (Å²) in [5, 5.41) is 11.2. The van der Waals surface area contributed by atoms with Crippen molar-refractivity contribution in [1.29, 1.82) is 0 Å². The third-order valence-corrected chi connectivity index (χ3v) is 9.13. The molecule has 4 atom stereocenters. The first-order valence-corrected chi connectivity index (χ1v) is 13.0. The molecule has 12 heteroatoms. The lowest BCUT2D eigenvalue weighted by molar-refractivity contribution is -0.319. The summed E-state index contributed by atoms with van der Waals surface area (Å²) in [6.45, 7) is 3.73. The highest BCUT2D eigenvalue weighted by Gasteiger charge is 2.73. The zero-order chi connectivity index (χ0) is 27.9. The standard InChI is InChI=1S/C27H29F3N6O3/c1-13(24(38)33-19-11-18(35-39-19)16-12-26(27(28,29)30)8-7-17(16)26)14-3-5-15(6-4-14)21-20(23(32)37)22(31)36(34-21)25(2)9-10-25/h3-6,11,13,16-17H,7-10,12,31H2,1-2H3,(H2,32,37)(H,33,38). The molecule has 2 aromatic heterocycles. The number of hydrogen-bond acceptors (Lipinski definition) is 6. The predicted octanol–water partition coefficient (Wildman–Crippen LogP) is 4.92. The second kappa shape index (κ2) is 8.33. The maximum Gasteiger partial charge on any atom is 0.394 e. The third kappa shape index (κ3) is 3.82. The SMILES string of the molecule is CC(C(=O)Nc1cc(C2CC3(C(F)(F)F)CCC23)no1)c1ccc(-c2nn(C3(C)CC3)c(N)c2C(N)=O)cc1. The molecule has 0 aliphatic heterocycles. The number of alkyl halides is 3. The van der Waals surface area contributed by atoms with Crippen LogP contribution in [0.4, 0.5) is 24.9 Å². The monoisotopic (exact) mass is 542 g/mol. The first-order valence-electron chi connectivity index (χ1n) is 13.0. The summed E-state index contributed by atoms with van der Waals surface area (Å²) in [5.41, 5.74) is 12.4. The number of nitrogens with one attached hydrogen (secondary N) is 1. The van der Waals surface area contributed by atoms with Crippen LogP contribution < -0.4 is 16.8 Å². The second-order valence-electron chi connectivity index (χ2n) is 11.4. The molecule has 206 valence electrons. The topological polar surface area (TPSA) is 142 Å². The van der Waals surface area contributed by atoms with Gasteiger partial charge in [-0.1, -0.05) is 29.4 Å². The van der Waals surface area contributed by atoms with Gasteiger partial charge in [0.15, 0.2) is 0 Å². The number of nitrogens with zero attached hydrogens (tertiary/aromatic N) is 3. The summed E-state index contributed by atoms with van der Waals surface area (Å²) < 4.78 is 47.1. The Morgan fingerprint density at radius 3 is 2.44 bits per heavy atom. The second-order valence-corrected chi connectivity index (χ2v) is 11.4. The molecule has 3 aliphatic carbocycles. The number of carbonyl (C=O) groups excluding carboxylic acids is 2. The van der Waals surface area contributed by atoms with E-state index in [9.17, 15) is 22.8 Å². The lowest BCUT2D eigenvalue weighted by atomic mass is 9.42. The number of primary amides is 1. The average Bonchev–Trinajstić information content (AvgIpc) is 3.27. The Hall–Kier alpha value is -3.83. The molecular formula is C27H29F3N6O3. The number of halogens is 3. The van der Waals surface area contributed by atoms with Gasteiger partial charge in [0, 0.05) is 17.5 Å². The van der Waals surface area contributed by atoms with Crippen molar-refractivity contribution < 1.29 is 27.3 Å². The normalized spacial score (nSPS) is 25.7. The lowest BCUT2D eigenvalue weighted by Gasteiger charge is -2.62.